The fraction of sp³-hybridized carbons (Fsp3) is 1.00. The van der Waals surface area contributed by atoms with Crippen molar-refractivity contribution >= 4 is 0 Å². The molecule has 0 aliphatic heterocycles. The second-order valence-electron chi connectivity index (χ2n) is 8.12. The normalized spacial score (nSPS) is 27.9. The quantitative estimate of drug-likeness (QED) is 0.720. The molecule has 1 fully saturated rings. The molecular formula is C18H37NO2. The van der Waals surface area contributed by atoms with Gasteiger partial charge in [0.25, 0.3) is 0 Å². The topological polar surface area (TPSA) is 30.5 Å². The maximum atomic E-state index is 6.16. The first kappa shape index (κ1) is 18.9. The lowest BCUT2D eigenvalue weighted by Gasteiger charge is -2.43. The molecule has 3 heteroatoms. The van der Waals surface area contributed by atoms with E-state index in [1.807, 2.05) is 0 Å². The van der Waals surface area contributed by atoms with Gasteiger partial charge in [0, 0.05) is 6.04 Å². The maximum absolute atomic E-state index is 6.16. The minimum atomic E-state index is -0.0783. The van der Waals surface area contributed by atoms with Crippen LogP contribution < -0.4 is 5.32 Å². The Bertz CT molecular complexity index is 296. The summed E-state index contributed by atoms with van der Waals surface area (Å²) < 4.78 is 11.9. The molecule has 3 nitrogen and oxygen atoms in total. The van der Waals surface area contributed by atoms with Crippen LogP contribution in [0, 0.1) is 11.3 Å². The van der Waals surface area contributed by atoms with Crippen molar-refractivity contribution in [2.75, 3.05) is 20.3 Å². The average Bonchev–Trinajstić information content (AvgIpc) is 2.42. The molecule has 1 N–H and O–H groups in total. The zero-order valence-corrected chi connectivity index (χ0v) is 15.3. The van der Waals surface area contributed by atoms with E-state index in [0.29, 0.717) is 30.8 Å². The van der Waals surface area contributed by atoms with E-state index < -0.39 is 0 Å². The van der Waals surface area contributed by atoms with E-state index in [1.165, 1.54) is 25.7 Å². The Labute approximate surface area is 132 Å². The van der Waals surface area contributed by atoms with Gasteiger partial charge in [-0.1, -0.05) is 27.2 Å². The van der Waals surface area contributed by atoms with E-state index in [-0.39, 0.29) is 5.60 Å². The molecule has 0 amide bonds. The number of rotatable bonds is 7. The molecule has 0 heterocycles. The Morgan fingerprint density at radius 1 is 1.05 bits per heavy atom. The molecule has 3 unspecified atom stereocenters. The van der Waals surface area contributed by atoms with Crippen molar-refractivity contribution in [1.29, 1.82) is 0 Å². The monoisotopic (exact) mass is 299 g/mol. The van der Waals surface area contributed by atoms with Crippen LogP contribution in [0.5, 0.6) is 0 Å². The van der Waals surface area contributed by atoms with Crippen molar-refractivity contribution in [3.63, 3.8) is 0 Å². The van der Waals surface area contributed by atoms with Gasteiger partial charge in [-0.05, 0) is 58.4 Å². The molecule has 0 aromatic heterocycles. The summed E-state index contributed by atoms with van der Waals surface area (Å²) in [5.41, 5.74) is 0.341. The Balaban J connectivity index is 2.48. The fourth-order valence-electron chi connectivity index (χ4n) is 3.19. The summed E-state index contributed by atoms with van der Waals surface area (Å²) in [6, 6.07) is 0.489. The van der Waals surface area contributed by atoms with Crippen LogP contribution in [0.25, 0.3) is 0 Å². The highest BCUT2D eigenvalue weighted by atomic mass is 16.5. The summed E-state index contributed by atoms with van der Waals surface area (Å²) in [7, 11) is 2.05. The Morgan fingerprint density at radius 2 is 1.71 bits per heavy atom. The molecule has 0 aromatic rings. The second kappa shape index (κ2) is 7.94. The molecule has 0 bridgehead atoms. The highest BCUT2D eigenvalue weighted by molar-refractivity contribution is 4.90. The summed E-state index contributed by atoms with van der Waals surface area (Å²) in [6.45, 7) is 14.7. The van der Waals surface area contributed by atoms with Gasteiger partial charge in [-0.2, -0.15) is 0 Å². The molecule has 21 heavy (non-hydrogen) atoms. The van der Waals surface area contributed by atoms with Crippen LogP contribution in [0.1, 0.15) is 67.2 Å². The molecule has 0 spiro atoms. The lowest BCUT2D eigenvalue weighted by molar-refractivity contribution is -0.0763. The van der Waals surface area contributed by atoms with E-state index >= 15 is 0 Å². The highest BCUT2D eigenvalue weighted by Gasteiger charge is 2.37. The van der Waals surface area contributed by atoms with Crippen molar-refractivity contribution in [1.82, 2.24) is 5.32 Å². The average molecular weight is 299 g/mol. The fourth-order valence-corrected chi connectivity index (χ4v) is 3.19. The van der Waals surface area contributed by atoms with Gasteiger partial charge < -0.3 is 14.8 Å². The Morgan fingerprint density at radius 3 is 2.24 bits per heavy atom. The molecular weight excluding hydrogens is 262 g/mol. The second-order valence-corrected chi connectivity index (χ2v) is 8.12. The maximum Gasteiger partial charge on any atom is 0.0731 e. The third-order valence-electron chi connectivity index (χ3n) is 5.13. The van der Waals surface area contributed by atoms with Gasteiger partial charge in [-0.3, -0.25) is 0 Å². The van der Waals surface area contributed by atoms with Gasteiger partial charge in [0.05, 0.1) is 24.9 Å². The van der Waals surface area contributed by atoms with Crippen LogP contribution in [-0.4, -0.2) is 38.0 Å². The number of hydrogen-bond acceptors (Lipinski definition) is 3. The van der Waals surface area contributed by atoms with E-state index in [4.69, 9.17) is 9.47 Å². The lowest BCUT2D eigenvalue weighted by atomic mass is 9.68. The number of ether oxygens (including phenoxy) is 2. The number of likely N-dealkylation sites (N-methyl/N-ethyl adjacent to an activating group) is 1. The SMILES string of the molecule is CCC(C)(C)C1CCC(NC)C(OCCOC(C)(C)C)C1. The van der Waals surface area contributed by atoms with Gasteiger partial charge in [-0.15, -0.1) is 0 Å². The van der Waals surface area contributed by atoms with Crippen LogP contribution in [0.15, 0.2) is 0 Å². The van der Waals surface area contributed by atoms with E-state index in [9.17, 15) is 0 Å². The Kier molecular flexibility index (Phi) is 7.15. The molecule has 126 valence electrons. The smallest absolute Gasteiger partial charge is 0.0731 e. The lowest BCUT2D eigenvalue weighted by Crippen LogP contribution is -2.47. The first-order valence-corrected chi connectivity index (χ1v) is 8.62. The predicted octanol–water partition coefficient (Wildman–Crippen LogP) is 4.01. The highest BCUT2D eigenvalue weighted by Crippen LogP contribution is 2.41. The first-order valence-electron chi connectivity index (χ1n) is 8.62. The first-order chi connectivity index (χ1) is 9.69. The molecule has 1 rings (SSSR count). The molecule has 1 aliphatic carbocycles. The molecule has 1 aliphatic rings. The van der Waals surface area contributed by atoms with Gasteiger partial charge >= 0.3 is 0 Å². The van der Waals surface area contributed by atoms with Crippen LogP contribution in [0.3, 0.4) is 0 Å². The van der Waals surface area contributed by atoms with E-state index in [1.54, 1.807) is 0 Å². The predicted molar refractivity (Wildman–Crippen MR) is 89.7 cm³/mol. The molecule has 0 aromatic carbocycles. The number of nitrogens with one attached hydrogen (secondary N) is 1. The van der Waals surface area contributed by atoms with Gasteiger partial charge in [0.1, 0.15) is 0 Å². The molecule has 0 saturated heterocycles. The largest absolute Gasteiger partial charge is 0.374 e. The van der Waals surface area contributed by atoms with E-state index in [0.717, 1.165) is 5.92 Å². The van der Waals surface area contributed by atoms with Crippen molar-refractivity contribution in [2.24, 2.45) is 11.3 Å². The minimum absolute atomic E-state index is 0.0783. The van der Waals surface area contributed by atoms with Gasteiger partial charge in [-0.25, -0.2) is 0 Å². The third-order valence-corrected chi connectivity index (χ3v) is 5.13. The summed E-state index contributed by atoms with van der Waals surface area (Å²) in [6.07, 6.45) is 5.26. The van der Waals surface area contributed by atoms with Crippen molar-refractivity contribution < 1.29 is 9.47 Å². The summed E-state index contributed by atoms with van der Waals surface area (Å²) in [5.74, 6) is 0.764. The van der Waals surface area contributed by atoms with Crippen LogP contribution in [-0.2, 0) is 9.47 Å². The molecule has 1 saturated carbocycles. The number of hydrogen-bond donors (Lipinski definition) is 1. The Hall–Kier alpha value is -0.120. The molecule has 0 radical (unpaired) electrons. The summed E-state index contributed by atoms with van der Waals surface area (Å²) >= 11 is 0. The third kappa shape index (κ3) is 6.25. The van der Waals surface area contributed by atoms with Crippen LogP contribution in [0.2, 0.25) is 0 Å². The van der Waals surface area contributed by atoms with Crippen LogP contribution >= 0.6 is 0 Å². The standard InChI is InChI=1S/C18H37NO2/c1-8-18(5,6)14-9-10-15(19-7)16(13-14)20-11-12-21-17(2,3)4/h14-16,19H,8-13H2,1-7H3. The van der Waals surface area contributed by atoms with E-state index in [2.05, 4.69) is 53.9 Å². The van der Waals surface area contributed by atoms with Crippen molar-refractivity contribution in [2.45, 2.75) is 85.0 Å². The zero-order valence-electron chi connectivity index (χ0n) is 15.3. The van der Waals surface area contributed by atoms with Gasteiger partial charge in [0.15, 0.2) is 0 Å². The summed E-state index contributed by atoms with van der Waals surface area (Å²) in [4.78, 5) is 0. The molecule has 3 atom stereocenters. The minimum Gasteiger partial charge on any atom is -0.374 e. The van der Waals surface area contributed by atoms with Crippen molar-refractivity contribution in [3.8, 4) is 0 Å². The van der Waals surface area contributed by atoms with Crippen molar-refractivity contribution in [3.05, 3.63) is 0 Å². The summed E-state index contributed by atoms with van der Waals surface area (Å²) in [5, 5.41) is 3.44. The van der Waals surface area contributed by atoms with Gasteiger partial charge in [0.2, 0.25) is 0 Å². The zero-order chi connectivity index (χ0) is 16.1. The van der Waals surface area contributed by atoms with Crippen LogP contribution in [0.4, 0.5) is 0 Å².